The zero-order valence-electron chi connectivity index (χ0n) is 8.00. The van der Waals surface area contributed by atoms with E-state index in [-0.39, 0.29) is 0 Å². The molecular formula is C10H14OS2. The van der Waals surface area contributed by atoms with E-state index < -0.39 is 0 Å². The molecule has 0 aromatic rings. The van der Waals surface area contributed by atoms with Gasteiger partial charge in [0.2, 0.25) is 4.38 Å². The van der Waals surface area contributed by atoms with E-state index in [0.29, 0.717) is 11.0 Å². The van der Waals surface area contributed by atoms with Crippen molar-refractivity contribution in [3.05, 3.63) is 22.6 Å². The Morgan fingerprint density at radius 1 is 1.54 bits per heavy atom. The van der Waals surface area contributed by atoms with E-state index in [9.17, 15) is 0 Å². The maximum absolute atomic E-state index is 5.20. The summed E-state index contributed by atoms with van der Waals surface area (Å²) in [6.07, 6.45) is 6.53. The van der Waals surface area contributed by atoms with Crippen LogP contribution in [-0.4, -0.2) is 11.0 Å². The summed E-state index contributed by atoms with van der Waals surface area (Å²) in [4.78, 5) is 1.31. The highest BCUT2D eigenvalue weighted by Crippen LogP contribution is 2.28. The molecule has 13 heavy (non-hydrogen) atoms. The van der Waals surface area contributed by atoms with Crippen molar-refractivity contribution >= 4 is 28.4 Å². The molecule has 0 heterocycles. The molecule has 0 spiro atoms. The van der Waals surface area contributed by atoms with Gasteiger partial charge < -0.3 is 4.74 Å². The van der Waals surface area contributed by atoms with Crippen LogP contribution >= 0.6 is 24.0 Å². The van der Waals surface area contributed by atoms with Gasteiger partial charge in [0.25, 0.3) is 0 Å². The van der Waals surface area contributed by atoms with Crippen LogP contribution in [0.3, 0.4) is 0 Å². The number of hydrogen-bond donors (Lipinski definition) is 0. The third kappa shape index (κ3) is 3.96. The molecule has 0 saturated carbocycles. The lowest BCUT2D eigenvalue weighted by molar-refractivity contribution is 0.346. The Hall–Kier alpha value is -0.280. The van der Waals surface area contributed by atoms with Crippen molar-refractivity contribution in [2.45, 2.75) is 26.7 Å². The second-order valence-corrected chi connectivity index (χ2v) is 4.66. The molecule has 0 amide bonds. The molecule has 0 atom stereocenters. The average Bonchev–Trinajstić information content (AvgIpc) is 2.09. The molecule has 72 valence electrons. The molecule has 0 aromatic carbocycles. The summed E-state index contributed by atoms with van der Waals surface area (Å²) in [6, 6.07) is 0. The van der Waals surface area contributed by atoms with Crippen LogP contribution in [0.2, 0.25) is 0 Å². The number of rotatable bonds is 2. The van der Waals surface area contributed by atoms with Crippen LogP contribution in [0.5, 0.6) is 0 Å². The zero-order chi connectivity index (χ0) is 9.68. The topological polar surface area (TPSA) is 9.23 Å². The van der Waals surface area contributed by atoms with Gasteiger partial charge in [-0.2, -0.15) is 0 Å². The Kier molecular flexibility index (Phi) is 4.53. The lowest BCUT2D eigenvalue weighted by Crippen LogP contribution is -1.97. The normalized spacial score (nSPS) is 16.2. The molecule has 1 rings (SSSR count). The van der Waals surface area contributed by atoms with Gasteiger partial charge in [-0.3, -0.25) is 0 Å². The highest BCUT2D eigenvalue weighted by Gasteiger charge is 2.07. The Bertz CT molecular complexity index is 254. The van der Waals surface area contributed by atoms with E-state index in [1.807, 2.05) is 6.92 Å². The number of hydrogen-bond acceptors (Lipinski definition) is 3. The zero-order valence-corrected chi connectivity index (χ0v) is 9.63. The van der Waals surface area contributed by atoms with Gasteiger partial charge in [0.1, 0.15) is 0 Å². The third-order valence-corrected chi connectivity index (χ3v) is 3.05. The minimum atomic E-state index is 0.640. The molecular weight excluding hydrogens is 200 g/mol. The Labute approximate surface area is 89.2 Å². The summed E-state index contributed by atoms with van der Waals surface area (Å²) in [6.45, 7) is 4.76. The van der Waals surface area contributed by atoms with Crippen molar-refractivity contribution in [2.75, 3.05) is 6.61 Å². The highest BCUT2D eigenvalue weighted by molar-refractivity contribution is 8.25. The van der Waals surface area contributed by atoms with Crippen molar-refractivity contribution in [3.8, 4) is 0 Å². The second kappa shape index (κ2) is 5.45. The summed E-state index contributed by atoms with van der Waals surface area (Å²) < 4.78 is 5.84. The quantitative estimate of drug-likeness (QED) is 0.649. The molecule has 0 saturated heterocycles. The van der Waals surface area contributed by atoms with Crippen LogP contribution in [0, 0.1) is 0 Å². The molecule has 1 aliphatic rings. The van der Waals surface area contributed by atoms with Gasteiger partial charge in [-0.15, -0.1) is 0 Å². The largest absolute Gasteiger partial charge is 0.479 e. The predicted molar refractivity (Wildman–Crippen MR) is 62.9 cm³/mol. The van der Waals surface area contributed by atoms with Gasteiger partial charge in [0.05, 0.1) is 6.61 Å². The molecule has 0 fully saturated rings. The predicted octanol–water partition coefficient (Wildman–Crippen LogP) is 3.67. The SMILES string of the molecule is CCOC(=S)SC1=CC=C(C)CC1. The van der Waals surface area contributed by atoms with E-state index in [2.05, 4.69) is 19.1 Å². The summed E-state index contributed by atoms with van der Waals surface area (Å²) in [5.41, 5.74) is 1.44. The van der Waals surface area contributed by atoms with Crippen LogP contribution < -0.4 is 0 Å². The Morgan fingerprint density at radius 3 is 2.85 bits per heavy atom. The van der Waals surface area contributed by atoms with E-state index >= 15 is 0 Å². The molecule has 0 radical (unpaired) electrons. The van der Waals surface area contributed by atoms with Crippen molar-refractivity contribution in [1.29, 1.82) is 0 Å². The molecule has 1 nitrogen and oxygen atoms in total. The summed E-state index contributed by atoms with van der Waals surface area (Å²) in [5.74, 6) is 0. The van der Waals surface area contributed by atoms with Crippen LogP contribution in [0.15, 0.2) is 22.6 Å². The first-order chi connectivity index (χ1) is 6.22. The number of thioether (sulfide) groups is 1. The number of thiocarbonyl (C=S) groups is 1. The smallest absolute Gasteiger partial charge is 0.224 e. The standard InChI is InChI=1S/C10H14OS2/c1-3-11-10(12)13-9-6-4-8(2)5-7-9/h4,6H,3,5,7H2,1-2H3. The Morgan fingerprint density at radius 2 is 2.31 bits per heavy atom. The van der Waals surface area contributed by atoms with Crippen molar-refractivity contribution in [2.24, 2.45) is 0 Å². The van der Waals surface area contributed by atoms with Crippen molar-refractivity contribution in [3.63, 3.8) is 0 Å². The molecule has 0 N–H and O–H groups in total. The first kappa shape index (κ1) is 10.8. The number of ether oxygens (including phenoxy) is 1. The minimum absolute atomic E-state index is 0.640. The first-order valence-electron chi connectivity index (χ1n) is 4.43. The lowest BCUT2D eigenvalue weighted by Gasteiger charge is -2.11. The van der Waals surface area contributed by atoms with Gasteiger partial charge in [-0.1, -0.05) is 17.7 Å². The monoisotopic (exact) mass is 214 g/mol. The van der Waals surface area contributed by atoms with Gasteiger partial charge in [0.15, 0.2) is 0 Å². The molecule has 0 bridgehead atoms. The fraction of sp³-hybridized carbons (Fsp3) is 0.500. The van der Waals surface area contributed by atoms with Gasteiger partial charge in [0, 0.05) is 0 Å². The van der Waals surface area contributed by atoms with E-state index in [0.717, 1.165) is 12.8 Å². The van der Waals surface area contributed by atoms with E-state index in [1.165, 1.54) is 10.5 Å². The second-order valence-electron chi connectivity index (χ2n) is 2.93. The highest BCUT2D eigenvalue weighted by atomic mass is 32.2. The van der Waals surface area contributed by atoms with E-state index in [1.54, 1.807) is 11.8 Å². The fourth-order valence-electron chi connectivity index (χ4n) is 1.06. The Balaban J connectivity index is 2.42. The van der Waals surface area contributed by atoms with E-state index in [4.69, 9.17) is 17.0 Å². The van der Waals surface area contributed by atoms with Crippen LogP contribution in [0.1, 0.15) is 26.7 Å². The van der Waals surface area contributed by atoms with Gasteiger partial charge in [-0.05, 0) is 55.6 Å². The van der Waals surface area contributed by atoms with Gasteiger partial charge in [-0.25, -0.2) is 0 Å². The van der Waals surface area contributed by atoms with Crippen molar-refractivity contribution < 1.29 is 4.74 Å². The summed E-state index contributed by atoms with van der Waals surface area (Å²) in [7, 11) is 0. The average molecular weight is 214 g/mol. The minimum Gasteiger partial charge on any atom is -0.479 e. The third-order valence-electron chi connectivity index (χ3n) is 1.80. The molecule has 0 aromatic heterocycles. The maximum Gasteiger partial charge on any atom is 0.224 e. The first-order valence-corrected chi connectivity index (χ1v) is 5.65. The van der Waals surface area contributed by atoms with Crippen LogP contribution in [-0.2, 0) is 4.74 Å². The van der Waals surface area contributed by atoms with Gasteiger partial charge >= 0.3 is 0 Å². The fourth-order valence-corrected chi connectivity index (χ4v) is 2.23. The molecule has 0 unspecified atom stereocenters. The maximum atomic E-state index is 5.20. The summed E-state index contributed by atoms with van der Waals surface area (Å²) in [5, 5.41) is 0. The van der Waals surface area contributed by atoms with Crippen molar-refractivity contribution in [1.82, 2.24) is 0 Å². The van der Waals surface area contributed by atoms with Crippen LogP contribution in [0.4, 0.5) is 0 Å². The molecule has 0 aliphatic heterocycles. The molecule has 3 heteroatoms. The molecule has 1 aliphatic carbocycles. The summed E-state index contributed by atoms with van der Waals surface area (Å²) >= 11 is 6.62. The number of allylic oxidation sites excluding steroid dienone is 4. The lowest BCUT2D eigenvalue weighted by atomic mass is 10.1. The van der Waals surface area contributed by atoms with Crippen LogP contribution in [0.25, 0.3) is 0 Å².